The van der Waals surface area contributed by atoms with Crippen LogP contribution in [0.15, 0.2) is 100 Å². The van der Waals surface area contributed by atoms with Crippen LogP contribution in [0, 0.1) is 11.8 Å². The van der Waals surface area contributed by atoms with Gasteiger partial charge in [0.2, 0.25) is 0 Å². The molecule has 1 spiro atoms. The van der Waals surface area contributed by atoms with E-state index in [1.54, 1.807) is 0 Å². The Morgan fingerprint density at radius 2 is 1.17 bits per heavy atom. The predicted octanol–water partition coefficient (Wildman–Crippen LogP) is 14.4. The molecule has 2 aliphatic rings. The van der Waals surface area contributed by atoms with E-state index in [1.807, 2.05) is 0 Å². The lowest BCUT2D eigenvalue weighted by molar-refractivity contribution is 0.217. The zero-order chi connectivity index (χ0) is 37.1. The lowest BCUT2D eigenvalue weighted by Crippen LogP contribution is -2.27. The van der Waals surface area contributed by atoms with Crippen LogP contribution in [0.3, 0.4) is 0 Å². The van der Waals surface area contributed by atoms with Crippen LogP contribution in [-0.2, 0) is 10.8 Å². The van der Waals surface area contributed by atoms with Crippen molar-refractivity contribution in [2.24, 2.45) is 11.8 Å². The number of allylic oxidation sites excluding steroid dienone is 1. The molecule has 5 aromatic rings. The van der Waals surface area contributed by atoms with Gasteiger partial charge in [-0.2, -0.15) is 0 Å². The third kappa shape index (κ3) is 6.08. The molecule has 2 atom stereocenters. The van der Waals surface area contributed by atoms with Gasteiger partial charge in [0.1, 0.15) is 0 Å². The van der Waals surface area contributed by atoms with Crippen LogP contribution >= 0.6 is 31.9 Å². The number of halogens is 2. The van der Waals surface area contributed by atoms with Crippen LogP contribution in [0.4, 0.5) is 0 Å². The number of rotatable bonds is 10. The van der Waals surface area contributed by atoms with Gasteiger partial charge in [0, 0.05) is 8.95 Å². The van der Waals surface area contributed by atoms with Crippen molar-refractivity contribution < 1.29 is 9.47 Å². The van der Waals surface area contributed by atoms with Gasteiger partial charge in [-0.3, -0.25) is 0 Å². The first-order valence-corrected chi connectivity index (χ1v) is 20.4. The van der Waals surface area contributed by atoms with Crippen molar-refractivity contribution in [1.29, 1.82) is 0 Å². The van der Waals surface area contributed by atoms with E-state index in [9.17, 15) is 0 Å². The molecule has 0 heterocycles. The molecule has 5 aromatic carbocycles. The van der Waals surface area contributed by atoms with Crippen molar-refractivity contribution in [2.75, 3.05) is 13.2 Å². The minimum Gasteiger partial charge on any atom is -0.489 e. The summed E-state index contributed by atoms with van der Waals surface area (Å²) in [4.78, 5) is 0. The molecule has 0 saturated heterocycles. The first-order chi connectivity index (χ1) is 24.8. The second-order valence-electron chi connectivity index (χ2n) is 16.1. The summed E-state index contributed by atoms with van der Waals surface area (Å²) in [6.07, 6.45) is 2.10. The summed E-state index contributed by atoms with van der Waals surface area (Å²) < 4.78 is 15.6. The number of hydrogen-bond donors (Lipinski definition) is 0. The Labute approximate surface area is 327 Å². The molecule has 2 unspecified atom stereocenters. The average Bonchev–Trinajstić information content (AvgIpc) is 3.57. The molecule has 2 nitrogen and oxygen atoms in total. The lowest BCUT2D eigenvalue weighted by atomic mass is 9.68. The Hall–Kier alpha value is -3.60. The van der Waals surface area contributed by atoms with Crippen LogP contribution in [0.25, 0.3) is 39.0 Å². The molecule has 268 valence electrons. The van der Waals surface area contributed by atoms with Gasteiger partial charge in [-0.1, -0.05) is 154 Å². The molecule has 0 fully saturated rings. The van der Waals surface area contributed by atoms with Gasteiger partial charge >= 0.3 is 0 Å². The Morgan fingerprint density at radius 1 is 0.673 bits per heavy atom. The van der Waals surface area contributed by atoms with Gasteiger partial charge in [-0.15, -0.1) is 0 Å². The number of benzene rings is 5. The number of ether oxygens (including phenoxy) is 2. The summed E-state index contributed by atoms with van der Waals surface area (Å²) >= 11 is 7.80. The number of hydrogen-bond acceptors (Lipinski definition) is 2. The molecule has 7 rings (SSSR count). The maximum atomic E-state index is 6.78. The molecule has 2 aliphatic carbocycles. The molecule has 4 heteroatoms. The molecule has 0 aliphatic heterocycles. The fourth-order valence-electron chi connectivity index (χ4n) is 7.98. The summed E-state index contributed by atoms with van der Waals surface area (Å²) in [5.74, 6) is 2.45. The fourth-order valence-corrected chi connectivity index (χ4v) is 8.70. The topological polar surface area (TPSA) is 18.5 Å². The Morgan fingerprint density at radius 3 is 1.67 bits per heavy atom. The Bertz CT molecular complexity index is 2140. The zero-order valence-corrected chi connectivity index (χ0v) is 35.0. The monoisotopic (exact) mass is 816 g/mol. The van der Waals surface area contributed by atoms with Crippen molar-refractivity contribution in [3.8, 4) is 44.9 Å². The standard InChI is InChI=1S/C48H50Br2O2/c1-10-29(5)26-51-43-24-39-42(25-44(43)52-27-30(6)11-2)48(40-22-33(49)16-18-37(40)38-19-17-34(50)23-41(38)48)46-35(28(3)4)20-21-36(45(39)46)31-12-14-32(15-13-31)47(7,8)9/h12-25,29-30H,3,10-11,26-27H2,1-2,4-9H3. The first kappa shape index (κ1) is 36.7. The molecule has 0 saturated carbocycles. The van der Waals surface area contributed by atoms with Crippen LogP contribution in [-0.4, -0.2) is 13.2 Å². The summed E-state index contributed by atoms with van der Waals surface area (Å²) in [7, 11) is 0. The highest BCUT2D eigenvalue weighted by molar-refractivity contribution is 9.10. The second-order valence-corrected chi connectivity index (χ2v) is 18.0. The van der Waals surface area contributed by atoms with Gasteiger partial charge in [-0.25, -0.2) is 0 Å². The maximum Gasteiger partial charge on any atom is 0.161 e. The van der Waals surface area contributed by atoms with Gasteiger partial charge in [0.05, 0.1) is 18.6 Å². The highest BCUT2D eigenvalue weighted by Gasteiger charge is 2.54. The SMILES string of the molecule is C=C(C)c1ccc(-c2ccc(C(C)(C)C)cc2)c2c1C1(c3cc(Br)ccc3-c3ccc(Br)cc31)c1cc(OCC(C)CC)c(OCC(C)CC)cc1-2. The van der Waals surface area contributed by atoms with E-state index in [0.29, 0.717) is 25.0 Å². The maximum absolute atomic E-state index is 6.78. The van der Waals surface area contributed by atoms with Gasteiger partial charge in [0.25, 0.3) is 0 Å². The van der Waals surface area contributed by atoms with E-state index >= 15 is 0 Å². The van der Waals surface area contributed by atoms with Crippen LogP contribution in [0.2, 0.25) is 0 Å². The van der Waals surface area contributed by atoms with E-state index in [4.69, 9.17) is 9.47 Å². The molecular formula is C48H50Br2O2. The van der Waals surface area contributed by atoms with Crippen molar-refractivity contribution in [3.63, 3.8) is 0 Å². The third-order valence-corrected chi connectivity index (χ3v) is 12.3. The van der Waals surface area contributed by atoms with E-state index in [1.165, 1.54) is 66.8 Å². The smallest absolute Gasteiger partial charge is 0.161 e. The molecule has 0 amide bonds. The highest BCUT2D eigenvalue weighted by Crippen LogP contribution is 2.67. The summed E-state index contributed by atoms with van der Waals surface area (Å²) in [6, 6.07) is 32.0. The second kappa shape index (κ2) is 14.0. The van der Waals surface area contributed by atoms with Crippen LogP contribution < -0.4 is 9.47 Å². The van der Waals surface area contributed by atoms with E-state index in [2.05, 4.69) is 179 Å². The van der Waals surface area contributed by atoms with Crippen LogP contribution in [0.1, 0.15) is 102 Å². The summed E-state index contributed by atoms with van der Waals surface area (Å²) in [6.45, 7) is 23.7. The molecule has 0 radical (unpaired) electrons. The minimum absolute atomic E-state index is 0.0620. The molecular weight excluding hydrogens is 768 g/mol. The van der Waals surface area contributed by atoms with Gasteiger partial charge < -0.3 is 9.47 Å². The fraction of sp³-hybridized carbons (Fsp3) is 0.333. The summed E-state index contributed by atoms with van der Waals surface area (Å²) in [5.41, 5.74) is 15.3. The predicted molar refractivity (Wildman–Crippen MR) is 227 cm³/mol. The highest BCUT2D eigenvalue weighted by atomic mass is 79.9. The normalized spacial score (nSPS) is 14.7. The van der Waals surface area contributed by atoms with Crippen LogP contribution in [0.5, 0.6) is 11.5 Å². The summed E-state index contributed by atoms with van der Waals surface area (Å²) in [5, 5.41) is 0. The van der Waals surface area contributed by atoms with E-state index < -0.39 is 5.41 Å². The van der Waals surface area contributed by atoms with Crippen molar-refractivity contribution >= 4 is 37.4 Å². The van der Waals surface area contributed by atoms with E-state index in [-0.39, 0.29) is 5.41 Å². The molecule has 0 N–H and O–H groups in total. The van der Waals surface area contributed by atoms with Crippen molar-refractivity contribution in [1.82, 2.24) is 0 Å². The molecule has 52 heavy (non-hydrogen) atoms. The largest absolute Gasteiger partial charge is 0.489 e. The minimum atomic E-state index is -0.623. The molecule has 0 aromatic heterocycles. The quantitative estimate of drug-likeness (QED) is 0.137. The Kier molecular flexibility index (Phi) is 9.89. The van der Waals surface area contributed by atoms with E-state index in [0.717, 1.165) is 38.9 Å². The Balaban J connectivity index is 1.63. The number of fused-ring (bicyclic) bond motifs is 10. The average molecular weight is 819 g/mol. The first-order valence-electron chi connectivity index (χ1n) is 18.8. The zero-order valence-electron chi connectivity index (χ0n) is 31.8. The van der Waals surface area contributed by atoms with Crippen molar-refractivity contribution in [3.05, 3.63) is 134 Å². The molecule has 0 bridgehead atoms. The van der Waals surface area contributed by atoms with Crippen molar-refractivity contribution in [2.45, 2.75) is 79.1 Å². The van der Waals surface area contributed by atoms with Gasteiger partial charge in [0.15, 0.2) is 11.5 Å². The lowest BCUT2D eigenvalue weighted by Gasteiger charge is -2.33. The third-order valence-electron chi connectivity index (χ3n) is 11.4. The van der Waals surface area contributed by atoms with Gasteiger partial charge in [-0.05, 0) is 127 Å².